The van der Waals surface area contributed by atoms with Crippen LogP contribution < -0.4 is 5.32 Å². The molecule has 1 aromatic carbocycles. The summed E-state index contributed by atoms with van der Waals surface area (Å²) in [5.74, 6) is -15.5. The number of halogens is 7. The summed E-state index contributed by atoms with van der Waals surface area (Å²) < 4.78 is 87.4. The molecule has 1 aromatic rings. The molecule has 1 N–H and O–H groups in total. The molecule has 0 aliphatic rings. The van der Waals surface area contributed by atoms with E-state index in [-0.39, 0.29) is 5.56 Å². The highest BCUT2D eigenvalue weighted by molar-refractivity contribution is 5.97. The van der Waals surface area contributed by atoms with Gasteiger partial charge in [-0.25, -0.2) is 0 Å². The maximum absolute atomic E-state index is 13.1. The van der Waals surface area contributed by atoms with Crippen LogP contribution in [0.2, 0.25) is 0 Å². The van der Waals surface area contributed by atoms with E-state index in [2.05, 4.69) is 0 Å². The number of nitro benzene ring substituents is 1. The third kappa shape index (κ3) is 3.35. The second kappa shape index (κ2) is 5.66. The molecule has 12 heteroatoms. The predicted molar refractivity (Wildman–Crippen MR) is 62.4 cm³/mol. The summed E-state index contributed by atoms with van der Waals surface area (Å²) in [6, 6.07) is 2.26. The predicted octanol–water partition coefficient (Wildman–Crippen LogP) is 3.67. The molecular weight excluding hydrogens is 341 g/mol. The van der Waals surface area contributed by atoms with Gasteiger partial charge in [0.05, 0.1) is 4.92 Å². The monoisotopic (exact) mass is 348 g/mol. The number of rotatable bonds is 4. The number of alkyl halides is 7. The number of anilines is 1. The molecular formula is C11H7F7N2O3. The minimum absolute atomic E-state index is 0.126. The van der Waals surface area contributed by atoms with Gasteiger partial charge in [-0.05, 0) is 19.1 Å². The normalized spacial score (nSPS) is 12.9. The summed E-state index contributed by atoms with van der Waals surface area (Å²) in [5.41, 5.74) is -1.19. The van der Waals surface area contributed by atoms with Crippen molar-refractivity contribution >= 4 is 17.3 Å². The fourth-order valence-corrected chi connectivity index (χ4v) is 1.47. The molecule has 128 valence electrons. The van der Waals surface area contributed by atoms with Gasteiger partial charge < -0.3 is 5.32 Å². The first-order chi connectivity index (χ1) is 10.2. The Morgan fingerprint density at radius 1 is 1.13 bits per heavy atom. The molecule has 0 aliphatic heterocycles. The van der Waals surface area contributed by atoms with E-state index < -0.39 is 40.2 Å². The summed E-state index contributed by atoms with van der Waals surface area (Å²) in [6.07, 6.45) is -6.64. The Kier molecular flexibility index (Phi) is 4.59. The molecule has 0 fully saturated rings. The topological polar surface area (TPSA) is 72.2 Å². The lowest BCUT2D eigenvalue weighted by Crippen LogP contribution is -2.57. The van der Waals surface area contributed by atoms with E-state index >= 15 is 0 Å². The molecule has 0 aromatic heterocycles. The fourth-order valence-electron chi connectivity index (χ4n) is 1.47. The quantitative estimate of drug-likeness (QED) is 0.513. The van der Waals surface area contributed by atoms with Crippen molar-refractivity contribution in [3.8, 4) is 0 Å². The molecule has 0 aliphatic carbocycles. The minimum atomic E-state index is -6.64. The molecule has 0 spiro atoms. The van der Waals surface area contributed by atoms with E-state index in [1.165, 1.54) is 5.32 Å². The number of nitro groups is 1. The zero-order valence-electron chi connectivity index (χ0n) is 11.0. The van der Waals surface area contributed by atoms with Crippen LogP contribution >= 0.6 is 0 Å². The molecule has 0 heterocycles. The van der Waals surface area contributed by atoms with Crippen LogP contribution in [-0.2, 0) is 4.79 Å². The van der Waals surface area contributed by atoms with Crippen molar-refractivity contribution < 1.29 is 40.5 Å². The summed E-state index contributed by atoms with van der Waals surface area (Å²) in [5, 5.41) is 11.7. The number of aryl methyl sites for hydroxylation is 1. The van der Waals surface area contributed by atoms with Crippen molar-refractivity contribution in [2.24, 2.45) is 0 Å². The van der Waals surface area contributed by atoms with Crippen LogP contribution in [0.1, 0.15) is 5.56 Å². The maximum atomic E-state index is 13.1. The molecule has 0 bridgehead atoms. The second-order valence-corrected chi connectivity index (χ2v) is 4.36. The molecule has 0 radical (unpaired) electrons. The summed E-state index contributed by atoms with van der Waals surface area (Å²) >= 11 is 0. The Morgan fingerprint density at radius 2 is 1.65 bits per heavy atom. The van der Waals surface area contributed by atoms with E-state index in [0.29, 0.717) is 6.07 Å². The van der Waals surface area contributed by atoms with Gasteiger partial charge in [0.15, 0.2) is 0 Å². The number of hydrogen-bond acceptors (Lipinski definition) is 3. The molecule has 1 amide bonds. The van der Waals surface area contributed by atoms with Crippen molar-refractivity contribution in [3.63, 3.8) is 0 Å². The van der Waals surface area contributed by atoms with Gasteiger partial charge in [-0.15, -0.1) is 0 Å². The Hall–Kier alpha value is -2.40. The zero-order chi connectivity index (χ0) is 18.2. The Labute approximate surface area is 123 Å². The lowest BCUT2D eigenvalue weighted by molar-refractivity contribution is -0.385. The molecule has 23 heavy (non-hydrogen) atoms. The average Bonchev–Trinajstić information content (AvgIpc) is 2.36. The number of carbonyl (C=O) groups excluding carboxylic acids is 1. The van der Waals surface area contributed by atoms with Crippen LogP contribution in [0.15, 0.2) is 18.2 Å². The molecule has 0 saturated carbocycles. The summed E-state index contributed by atoms with van der Waals surface area (Å²) in [6.45, 7) is 1.15. The SMILES string of the molecule is Cc1cc(NC(=O)C(F)(F)C(F)(F)C(F)(F)F)ccc1[N+](=O)[O-]. The number of benzene rings is 1. The van der Waals surface area contributed by atoms with Crippen molar-refractivity contribution in [2.45, 2.75) is 24.9 Å². The zero-order valence-corrected chi connectivity index (χ0v) is 11.0. The van der Waals surface area contributed by atoms with Crippen molar-refractivity contribution in [1.29, 1.82) is 0 Å². The largest absolute Gasteiger partial charge is 0.460 e. The Bertz CT molecular complexity index is 643. The molecule has 1 rings (SSSR count). The highest BCUT2D eigenvalue weighted by atomic mass is 19.4. The van der Waals surface area contributed by atoms with Crippen molar-refractivity contribution in [1.82, 2.24) is 0 Å². The van der Waals surface area contributed by atoms with E-state index in [9.17, 15) is 45.6 Å². The van der Waals surface area contributed by atoms with Crippen LogP contribution in [0.4, 0.5) is 42.1 Å². The van der Waals surface area contributed by atoms with Gasteiger partial charge in [0.1, 0.15) is 0 Å². The van der Waals surface area contributed by atoms with Crippen LogP contribution in [-0.4, -0.2) is 28.9 Å². The van der Waals surface area contributed by atoms with Crippen molar-refractivity contribution in [2.75, 3.05) is 5.32 Å². The first-order valence-electron chi connectivity index (χ1n) is 5.60. The Morgan fingerprint density at radius 3 is 2.04 bits per heavy atom. The summed E-state index contributed by atoms with van der Waals surface area (Å²) in [4.78, 5) is 20.8. The van der Waals surface area contributed by atoms with E-state index in [4.69, 9.17) is 0 Å². The highest BCUT2D eigenvalue weighted by Gasteiger charge is 2.76. The van der Waals surface area contributed by atoms with Gasteiger partial charge in [-0.1, -0.05) is 0 Å². The third-order valence-electron chi connectivity index (χ3n) is 2.69. The van der Waals surface area contributed by atoms with Crippen molar-refractivity contribution in [3.05, 3.63) is 33.9 Å². The first kappa shape index (κ1) is 18.6. The number of nitrogens with zero attached hydrogens (tertiary/aromatic N) is 1. The van der Waals surface area contributed by atoms with Gasteiger partial charge in [0.2, 0.25) is 0 Å². The minimum Gasteiger partial charge on any atom is -0.321 e. The van der Waals surface area contributed by atoms with E-state index in [1.54, 1.807) is 0 Å². The standard InChI is InChI=1S/C11H7F7N2O3/c1-5-4-6(2-3-7(5)20(22)23)19-8(21)9(12,13)10(14,15)11(16,17)18/h2-4H,1H3,(H,19,21). The summed E-state index contributed by atoms with van der Waals surface area (Å²) in [7, 11) is 0. The van der Waals surface area contributed by atoms with Gasteiger partial charge in [0.25, 0.3) is 5.69 Å². The molecule has 0 saturated heterocycles. The fraction of sp³-hybridized carbons (Fsp3) is 0.364. The number of carbonyl (C=O) groups is 1. The van der Waals surface area contributed by atoms with Gasteiger partial charge in [-0.3, -0.25) is 14.9 Å². The molecule has 0 atom stereocenters. The van der Waals surface area contributed by atoms with E-state index in [0.717, 1.165) is 19.1 Å². The number of amides is 1. The average molecular weight is 348 g/mol. The third-order valence-corrected chi connectivity index (χ3v) is 2.69. The van der Waals surface area contributed by atoms with Crippen LogP contribution in [0.25, 0.3) is 0 Å². The van der Waals surface area contributed by atoms with Gasteiger partial charge in [-0.2, -0.15) is 30.7 Å². The lowest BCUT2D eigenvalue weighted by atomic mass is 10.1. The number of nitrogens with one attached hydrogen (secondary N) is 1. The maximum Gasteiger partial charge on any atom is 0.460 e. The van der Waals surface area contributed by atoms with Crippen LogP contribution in [0.5, 0.6) is 0 Å². The Balaban J connectivity index is 3.08. The van der Waals surface area contributed by atoms with Crippen LogP contribution in [0.3, 0.4) is 0 Å². The molecule has 0 unspecified atom stereocenters. The van der Waals surface area contributed by atoms with Crippen LogP contribution in [0, 0.1) is 17.0 Å². The van der Waals surface area contributed by atoms with E-state index in [1.807, 2.05) is 0 Å². The lowest BCUT2D eigenvalue weighted by Gasteiger charge is -2.27. The molecule has 5 nitrogen and oxygen atoms in total. The van der Waals surface area contributed by atoms with Gasteiger partial charge >= 0.3 is 23.9 Å². The number of hydrogen-bond donors (Lipinski definition) is 1. The second-order valence-electron chi connectivity index (χ2n) is 4.36. The highest BCUT2D eigenvalue weighted by Crippen LogP contribution is 2.46. The smallest absolute Gasteiger partial charge is 0.321 e. The van der Waals surface area contributed by atoms with Gasteiger partial charge in [0, 0.05) is 17.3 Å². The first-order valence-corrected chi connectivity index (χ1v) is 5.60.